The normalized spacial score (nSPS) is 33.4. The Hall–Kier alpha value is -0.0800. The molecule has 0 saturated heterocycles. The molecule has 1 aliphatic carbocycles. The molecule has 2 nitrogen and oxygen atoms in total. The van der Waals surface area contributed by atoms with Crippen molar-refractivity contribution in [3.8, 4) is 0 Å². The fraction of sp³-hybridized carbons (Fsp3) is 1.00. The zero-order valence-electron chi connectivity index (χ0n) is 12.3. The SMILES string of the molecule is CCNC(CC(C)OC)C1CCC(C)C(C)C1. The number of ether oxygens (including phenoxy) is 1. The van der Waals surface area contributed by atoms with Gasteiger partial charge < -0.3 is 10.1 Å². The summed E-state index contributed by atoms with van der Waals surface area (Å²) in [6.45, 7) is 10.3. The smallest absolute Gasteiger partial charge is 0.0558 e. The molecule has 0 aromatic rings. The van der Waals surface area contributed by atoms with Gasteiger partial charge in [0.2, 0.25) is 0 Å². The Labute approximate surface area is 108 Å². The summed E-state index contributed by atoms with van der Waals surface area (Å²) in [6, 6.07) is 0.643. The monoisotopic (exact) mass is 241 g/mol. The number of methoxy groups -OCH3 is 1. The van der Waals surface area contributed by atoms with Crippen LogP contribution in [0, 0.1) is 17.8 Å². The van der Waals surface area contributed by atoms with Crippen molar-refractivity contribution in [3.05, 3.63) is 0 Å². The second kappa shape index (κ2) is 7.38. The summed E-state index contributed by atoms with van der Waals surface area (Å²) in [4.78, 5) is 0. The van der Waals surface area contributed by atoms with Gasteiger partial charge in [0.25, 0.3) is 0 Å². The second-order valence-corrected chi connectivity index (χ2v) is 5.97. The lowest BCUT2D eigenvalue weighted by Gasteiger charge is -2.37. The van der Waals surface area contributed by atoms with E-state index in [0.29, 0.717) is 12.1 Å². The van der Waals surface area contributed by atoms with Gasteiger partial charge in [-0.05, 0) is 50.5 Å². The lowest BCUT2D eigenvalue weighted by Crippen LogP contribution is -2.41. The zero-order valence-corrected chi connectivity index (χ0v) is 12.3. The number of hydrogen-bond acceptors (Lipinski definition) is 2. The van der Waals surface area contributed by atoms with Crippen LogP contribution in [0.4, 0.5) is 0 Å². The quantitative estimate of drug-likeness (QED) is 0.769. The Balaban J connectivity index is 2.51. The Bertz CT molecular complexity index is 207. The first kappa shape index (κ1) is 15.0. The summed E-state index contributed by atoms with van der Waals surface area (Å²) < 4.78 is 5.43. The van der Waals surface area contributed by atoms with Crippen LogP contribution in [0.5, 0.6) is 0 Å². The third-order valence-electron chi connectivity index (χ3n) is 4.66. The van der Waals surface area contributed by atoms with E-state index in [2.05, 4.69) is 33.0 Å². The van der Waals surface area contributed by atoms with E-state index in [4.69, 9.17) is 4.74 Å². The molecule has 1 aliphatic rings. The van der Waals surface area contributed by atoms with Gasteiger partial charge in [-0.2, -0.15) is 0 Å². The molecule has 0 bridgehead atoms. The molecule has 5 unspecified atom stereocenters. The molecule has 0 aromatic carbocycles. The molecule has 17 heavy (non-hydrogen) atoms. The Morgan fingerprint density at radius 2 is 1.94 bits per heavy atom. The Morgan fingerprint density at radius 1 is 1.24 bits per heavy atom. The summed E-state index contributed by atoms with van der Waals surface area (Å²) in [5.74, 6) is 2.64. The van der Waals surface area contributed by atoms with E-state index < -0.39 is 0 Å². The predicted octanol–water partition coefficient (Wildman–Crippen LogP) is 3.46. The molecular weight excluding hydrogens is 210 g/mol. The molecule has 2 heteroatoms. The molecule has 1 saturated carbocycles. The van der Waals surface area contributed by atoms with Crippen LogP contribution in [-0.2, 0) is 4.74 Å². The molecule has 1 rings (SSSR count). The van der Waals surface area contributed by atoms with Crippen molar-refractivity contribution in [2.75, 3.05) is 13.7 Å². The minimum Gasteiger partial charge on any atom is -0.382 e. The van der Waals surface area contributed by atoms with Gasteiger partial charge in [0, 0.05) is 13.2 Å². The van der Waals surface area contributed by atoms with E-state index >= 15 is 0 Å². The van der Waals surface area contributed by atoms with E-state index in [-0.39, 0.29) is 0 Å². The van der Waals surface area contributed by atoms with Crippen molar-refractivity contribution < 1.29 is 4.74 Å². The fourth-order valence-electron chi connectivity index (χ4n) is 3.11. The van der Waals surface area contributed by atoms with Crippen molar-refractivity contribution in [3.63, 3.8) is 0 Å². The van der Waals surface area contributed by atoms with Crippen LogP contribution in [0.1, 0.15) is 53.4 Å². The van der Waals surface area contributed by atoms with Crippen molar-refractivity contribution >= 4 is 0 Å². The highest BCUT2D eigenvalue weighted by molar-refractivity contribution is 4.84. The molecule has 1 fully saturated rings. The molecule has 0 aliphatic heterocycles. The highest BCUT2D eigenvalue weighted by atomic mass is 16.5. The van der Waals surface area contributed by atoms with Gasteiger partial charge in [0.1, 0.15) is 0 Å². The standard InChI is InChI=1S/C15H31NO/c1-6-16-15(10-13(4)17-5)14-8-7-11(2)12(3)9-14/h11-16H,6-10H2,1-5H3. The third kappa shape index (κ3) is 4.59. The Kier molecular flexibility index (Phi) is 6.50. The number of nitrogens with one attached hydrogen (secondary N) is 1. The molecular formula is C15H31NO. The van der Waals surface area contributed by atoms with Gasteiger partial charge in [-0.1, -0.05) is 27.2 Å². The highest BCUT2D eigenvalue weighted by Gasteiger charge is 2.30. The van der Waals surface area contributed by atoms with Crippen LogP contribution >= 0.6 is 0 Å². The first-order valence-electron chi connectivity index (χ1n) is 7.34. The van der Waals surface area contributed by atoms with Gasteiger partial charge in [-0.25, -0.2) is 0 Å². The summed E-state index contributed by atoms with van der Waals surface area (Å²) >= 11 is 0. The van der Waals surface area contributed by atoms with Gasteiger partial charge in [-0.3, -0.25) is 0 Å². The molecule has 0 spiro atoms. The third-order valence-corrected chi connectivity index (χ3v) is 4.66. The molecule has 0 heterocycles. The molecule has 1 N–H and O–H groups in total. The van der Waals surface area contributed by atoms with Crippen molar-refractivity contribution in [1.82, 2.24) is 5.32 Å². The average molecular weight is 241 g/mol. The minimum absolute atomic E-state index is 0.369. The van der Waals surface area contributed by atoms with Gasteiger partial charge in [0.05, 0.1) is 6.10 Å². The van der Waals surface area contributed by atoms with E-state index in [9.17, 15) is 0 Å². The van der Waals surface area contributed by atoms with E-state index in [0.717, 1.165) is 30.7 Å². The van der Waals surface area contributed by atoms with Crippen LogP contribution in [0.2, 0.25) is 0 Å². The van der Waals surface area contributed by atoms with E-state index in [1.807, 2.05) is 7.11 Å². The fourth-order valence-corrected chi connectivity index (χ4v) is 3.11. The average Bonchev–Trinajstić information content (AvgIpc) is 2.32. The van der Waals surface area contributed by atoms with Crippen molar-refractivity contribution in [2.24, 2.45) is 17.8 Å². The maximum Gasteiger partial charge on any atom is 0.0558 e. The van der Waals surface area contributed by atoms with Gasteiger partial charge >= 0.3 is 0 Å². The topological polar surface area (TPSA) is 21.3 Å². The van der Waals surface area contributed by atoms with Crippen LogP contribution in [0.25, 0.3) is 0 Å². The van der Waals surface area contributed by atoms with E-state index in [1.165, 1.54) is 19.3 Å². The van der Waals surface area contributed by atoms with Crippen LogP contribution in [0.15, 0.2) is 0 Å². The minimum atomic E-state index is 0.369. The second-order valence-electron chi connectivity index (χ2n) is 5.97. The predicted molar refractivity (Wildman–Crippen MR) is 74.2 cm³/mol. The maximum absolute atomic E-state index is 5.43. The van der Waals surface area contributed by atoms with Crippen molar-refractivity contribution in [1.29, 1.82) is 0 Å². The zero-order chi connectivity index (χ0) is 12.8. The van der Waals surface area contributed by atoms with Crippen LogP contribution in [0.3, 0.4) is 0 Å². The summed E-state index contributed by atoms with van der Waals surface area (Å²) in [7, 11) is 1.82. The maximum atomic E-state index is 5.43. The van der Waals surface area contributed by atoms with Crippen molar-refractivity contribution in [2.45, 2.75) is 65.5 Å². The van der Waals surface area contributed by atoms with Crippen LogP contribution < -0.4 is 5.32 Å². The lowest BCUT2D eigenvalue weighted by atomic mass is 9.72. The first-order chi connectivity index (χ1) is 8.08. The Morgan fingerprint density at radius 3 is 2.47 bits per heavy atom. The van der Waals surface area contributed by atoms with Gasteiger partial charge in [-0.15, -0.1) is 0 Å². The molecule has 0 amide bonds. The summed E-state index contributed by atoms with van der Waals surface area (Å²) in [6.07, 6.45) is 5.69. The lowest BCUT2D eigenvalue weighted by molar-refractivity contribution is 0.0790. The highest BCUT2D eigenvalue weighted by Crippen LogP contribution is 2.36. The molecule has 0 radical (unpaired) electrons. The first-order valence-corrected chi connectivity index (χ1v) is 7.34. The van der Waals surface area contributed by atoms with Gasteiger partial charge in [0.15, 0.2) is 0 Å². The number of rotatable bonds is 6. The molecule has 5 atom stereocenters. The number of hydrogen-bond donors (Lipinski definition) is 1. The molecule has 0 aromatic heterocycles. The summed E-state index contributed by atoms with van der Waals surface area (Å²) in [5.41, 5.74) is 0. The molecule has 102 valence electrons. The van der Waals surface area contributed by atoms with Crippen LogP contribution in [-0.4, -0.2) is 25.8 Å². The summed E-state index contributed by atoms with van der Waals surface area (Å²) in [5, 5.41) is 3.67. The largest absolute Gasteiger partial charge is 0.382 e. The van der Waals surface area contributed by atoms with E-state index in [1.54, 1.807) is 0 Å².